The summed E-state index contributed by atoms with van der Waals surface area (Å²) in [5.41, 5.74) is -0.355. The number of hydrogen-bond acceptors (Lipinski definition) is 6. The van der Waals surface area contributed by atoms with Crippen LogP contribution in [0.25, 0.3) is 0 Å². The van der Waals surface area contributed by atoms with Crippen LogP contribution in [0.15, 0.2) is 41.0 Å². The van der Waals surface area contributed by atoms with Gasteiger partial charge in [0.1, 0.15) is 17.1 Å². The number of nitrogens with zero attached hydrogens (tertiary/aromatic N) is 1. The molecule has 4 aliphatic rings. The number of fused-ring (bicyclic) bond motifs is 1. The average molecular weight is 428 g/mol. The number of hydrogen-bond donors (Lipinski definition) is 1. The molecule has 160 valence electrons. The minimum absolute atomic E-state index is 0.182. The number of carbonyl (C=O) groups excluding carboxylic acids is 2. The molecule has 3 fully saturated rings. The summed E-state index contributed by atoms with van der Waals surface area (Å²) in [7, 11) is 2.18. The van der Waals surface area contributed by atoms with Crippen LogP contribution in [-0.2, 0) is 20.7 Å². The molecule has 5 unspecified atom stereocenters. The highest BCUT2D eigenvalue weighted by Crippen LogP contribution is 2.63. The Balaban J connectivity index is 1.48. The van der Waals surface area contributed by atoms with Gasteiger partial charge in [0.15, 0.2) is 0 Å². The summed E-state index contributed by atoms with van der Waals surface area (Å²) in [6.45, 7) is 2.71. The van der Waals surface area contributed by atoms with Gasteiger partial charge in [-0.3, -0.25) is 9.59 Å². The second kappa shape index (κ2) is 7.14. The number of thiophene rings is 1. The number of allylic oxidation sites excluding steroid dienone is 2. The SMILES string of the molecule is CN1CCC23CC(=O)CCC2C1CC1=CC=C(OC(=O)Cc2cccs2)C(C)(O)C13. The minimum atomic E-state index is -1.30. The van der Waals surface area contributed by atoms with E-state index in [1.165, 1.54) is 16.9 Å². The van der Waals surface area contributed by atoms with Gasteiger partial charge < -0.3 is 14.7 Å². The van der Waals surface area contributed by atoms with Crippen LogP contribution in [0.4, 0.5) is 0 Å². The number of piperidine rings is 1. The number of rotatable bonds is 3. The molecule has 1 saturated heterocycles. The summed E-state index contributed by atoms with van der Waals surface area (Å²) in [6.07, 6.45) is 7.88. The van der Waals surface area contributed by atoms with E-state index in [9.17, 15) is 14.7 Å². The summed E-state index contributed by atoms with van der Waals surface area (Å²) in [5.74, 6) is 0.480. The van der Waals surface area contributed by atoms with E-state index in [0.717, 1.165) is 30.7 Å². The first kappa shape index (κ1) is 20.2. The third kappa shape index (κ3) is 3.03. The number of ketones is 1. The fraction of sp³-hybridized carbons (Fsp3) is 0.583. The quantitative estimate of drug-likeness (QED) is 0.748. The van der Waals surface area contributed by atoms with Gasteiger partial charge in [-0.25, -0.2) is 0 Å². The molecule has 1 aliphatic heterocycles. The lowest BCUT2D eigenvalue weighted by Crippen LogP contribution is -2.66. The number of carbonyl (C=O) groups is 2. The lowest BCUT2D eigenvalue weighted by molar-refractivity contribution is -0.166. The Kier molecular flexibility index (Phi) is 4.80. The van der Waals surface area contributed by atoms with Gasteiger partial charge in [-0.15, -0.1) is 11.3 Å². The summed E-state index contributed by atoms with van der Waals surface area (Å²) in [6, 6.07) is 4.24. The predicted octanol–water partition coefficient (Wildman–Crippen LogP) is 3.49. The number of likely N-dealkylation sites (tertiary alicyclic amines) is 1. The fourth-order valence-electron chi connectivity index (χ4n) is 6.81. The Hall–Kier alpha value is -1.76. The molecule has 5 nitrogen and oxygen atoms in total. The van der Waals surface area contributed by atoms with Crippen LogP contribution in [-0.4, -0.2) is 47.0 Å². The first-order valence-corrected chi connectivity index (χ1v) is 11.8. The lowest BCUT2D eigenvalue weighted by Gasteiger charge is -2.64. The van der Waals surface area contributed by atoms with E-state index < -0.39 is 5.60 Å². The van der Waals surface area contributed by atoms with Gasteiger partial charge in [-0.2, -0.15) is 0 Å². The Morgan fingerprint density at radius 3 is 3.00 bits per heavy atom. The van der Waals surface area contributed by atoms with E-state index in [0.29, 0.717) is 36.3 Å². The van der Waals surface area contributed by atoms with Crippen molar-refractivity contribution in [1.29, 1.82) is 0 Å². The molecule has 5 rings (SSSR count). The third-order valence-electron chi connectivity index (χ3n) is 7.98. The molecule has 0 spiro atoms. The summed E-state index contributed by atoms with van der Waals surface area (Å²) in [5, 5.41) is 13.7. The van der Waals surface area contributed by atoms with E-state index in [4.69, 9.17) is 4.74 Å². The number of aliphatic hydroxyl groups is 1. The van der Waals surface area contributed by atoms with E-state index in [1.54, 1.807) is 13.0 Å². The molecular formula is C24H29NO4S. The molecule has 1 N–H and O–H groups in total. The zero-order valence-electron chi connectivity index (χ0n) is 17.6. The first-order valence-electron chi connectivity index (χ1n) is 10.9. The van der Waals surface area contributed by atoms with Crippen molar-refractivity contribution in [1.82, 2.24) is 4.90 Å². The Morgan fingerprint density at radius 1 is 1.40 bits per heavy atom. The van der Waals surface area contributed by atoms with E-state index in [1.807, 2.05) is 23.6 Å². The standard InChI is InChI=1S/C24H29NO4S/c1-23(28)20(29-21(27)13-17-4-3-11-30-17)8-5-15-12-19-18-7-6-16(26)14-24(18,22(15)23)9-10-25(19)2/h3-5,8,11,18-19,22,28H,6-7,9-10,12-14H2,1-2H3. The normalized spacial score (nSPS) is 38.2. The number of Topliss-reactive ketones (excluding diaryl/α,β-unsaturated/α-hetero) is 1. The van der Waals surface area contributed by atoms with E-state index >= 15 is 0 Å². The molecule has 1 aromatic heterocycles. The van der Waals surface area contributed by atoms with Gasteiger partial charge in [-0.05, 0) is 68.6 Å². The maximum absolute atomic E-state index is 12.6. The molecule has 0 radical (unpaired) electrons. The molecule has 1 aromatic rings. The van der Waals surface area contributed by atoms with Crippen molar-refractivity contribution in [2.24, 2.45) is 17.3 Å². The van der Waals surface area contributed by atoms with Crippen LogP contribution in [0.2, 0.25) is 0 Å². The Labute approximate surface area is 181 Å². The zero-order valence-corrected chi connectivity index (χ0v) is 18.4. The van der Waals surface area contributed by atoms with Crippen molar-refractivity contribution in [3.05, 3.63) is 45.9 Å². The van der Waals surface area contributed by atoms with Crippen molar-refractivity contribution in [3.63, 3.8) is 0 Å². The fourth-order valence-corrected chi connectivity index (χ4v) is 7.50. The predicted molar refractivity (Wildman–Crippen MR) is 115 cm³/mol. The van der Waals surface area contributed by atoms with Gasteiger partial charge in [0.2, 0.25) is 0 Å². The monoisotopic (exact) mass is 427 g/mol. The molecule has 5 atom stereocenters. The Bertz CT molecular complexity index is 931. The van der Waals surface area contributed by atoms with Gasteiger partial charge in [-0.1, -0.05) is 17.7 Å². The van der Waals surface area contributed by atoms with Crippen LogP contribution < -0.4 is 0 Å². The molecule has 0 amide bonds. The Morgan fingerprint density at radius 2 is 2.23 bits per heavy atom. The number of esters is 1. The van der Waals surface area contributed by atoms with Crippen LogP contribution in [0.3, 0.4) is 0 Å². The lowest BCUT2D eigenvalue weighted by atomic mass is 9.45. The van der Waals surface area contributed by atoms with Crippen LogP contribution in [0, 0.1) is 17.3 Å². The van der Waals surface area contributed by atoms with Gasteiger partial charge >= 0.3 is 5.97 Å². The highest BCUT2D eigenvalue weighted by Gasteiger charge is 2.64. The van der Waals surface area contributed by atoms with E-state index in [-0.39, 0.29) is 23.7 Å². The summed E-state index contributed by atoms with van der Waals surface area (Å²) < 4.78 is 5.73. The van der Waals surface area contributed by atoms with Gasteiger partial charge in [0, 0.05) is 29.7 Å². The first-order chi connectivity index (χ1) is 14.3. The molecule has 2 bridgehead atoms. The molecule has 30 heavy (non-hydrogen) atoms. The van der Waals surface area contributed by atoms with Crippen molar-refractivity contribution >= 4 is 23.1 Å². The van der Waals surface area contributed by atoms with E-state index in [2.05, 4.69) is 11.9 Å². The van der Waals surface area contributed by atoms with Crippen molar-refractivity contribution in [2.75, 3.05) is 13.6 Å². The molecule has 2 saturated carbocycles. The van der Waals surface area contributed by atoms with Crippen LogP contribution in [0.1, 0.15) is 43.9 Å². The average Bonchev–Trinajstić information content (AvgIpc) is 3.19. The van der Waals surface area contributed by atoms with Crippen molar-refractivity contribution in [3.8, 4) is 0 Å². The zero-order chi connectivity index (χ0) is 21.1. The largest absolute Gasteiger partial charge is 0.428 e. The van der Waals surface area contributed by atoms with Crippen LogP contribution >= 0.6 is 11.3 Å². The second-order valence-corrected chi connectivity index (χ2v) is 10.7. The number of ether oxygens (including phenoxy) is 1. The summed E-state index contributed by atoms with van der Waals surface area (Å²) in [4.78, 5) is 28.6. The van der Waals surface area contributed by atoms with Gasteiger partial charge in [0.05, 0.1) is 6.42 Å². The van der Waals surface area contributed by atoms with Crippen molar-refractivity contribution in [2.45, 2.75) is 57.1 Å². The van der Waals surface area contributed by atoms with Crippen molar-refractivity contribution < 1.29 is 19.4 Å². The molecule has 6 heteroatoms. The third-order valence-corrected chi connectivity index (χ3v) is 8.86. The minimum Gasteiger partial charge on any atom is -0.428 e. The van der Waals surface area contributed by atoms with Gasteiger partial charge in [0.25, 0.3) is 0 Å². The molecule has 2 heterocycles. The molecular weight excluding hydrogens is 398 g/mol. The van der Waals surface area contributed by atoms with Crippen LogP contribution in [0.5, 0.6) is 0 Å². The topological polar surface area (TPSA) is 66.8 Å². The maximum Gasteiger partial charge on any atom is 0.316 e. The second-order valence-electron chi connectivity index (χ2n) is 9.68. The smallest absolute Gasteiger partial charge is 0.316 e. The molecule has 0 aromatic carbocycles. The highest BCUT2D eigenvalue weighted by atomic mass is 32.1. The maximum atomic E-state index is 12.6. The summed E-state index contributed by atoms with van der Waals surface area (Å²) >= 11 is 1.52. The highest BCUT2D eigenvalue weighted by molar-refractivity contribution is 7.10. The molecule has 3 aliphatic carbocycles.